The van der Waals surface area contributed by atoms with Crippen molar-refractivity contribution in [2.75, 3.05) is 17.7 Å². The van der Waals surface area contributed by atoms with Gasteiger partial charge in [-0.3, -0.25) is 9.59 Å². The summed E-state index contributed by atoms with van der Waals surface area (Å²) in [5, 5.41) is 8.44. The first-order chi connectivity index (χ1) is 14.4. The molecule has 1 heterocycles. The van der Waals surface area contributed by atoms with Gasteiger partial charge >= 0.3 is 0 Å². The number of hydrogen-bond donors (Lipinski definition) is 3. The predicted octanol–water partition coefficient (Wildman–Crippen LogP) is 4.58. The van der Waals surface area contributed by atoms with E-state index in [0.29, 0.717) is 11.5 Å². The number of carbonyl (C=O) groups excluding carboxylic acids is 2. The number of rotatable bonds is 6. The minimum absolute atomic E-state index is 0.167. The summed E-state index contributed by atoms with van der Waals surface area (Å²) in [6.45, 7) is 1.94. The van der Waals surface area contributed by atoms with E-state index >= 15 is 0 Å². The van der Waals surface area contributed by atoms with Crippen molar-refractivity contribution in [1.82, 2.24) is 10.3 Å². The fourth-order valence-corrected chi connectivity index (χ4v) is 3.23. The summed E-state index contributed by atoms with van der Waals surface area (Å²) < 4.78 is 14.5. The second-order valence-electron chi connectivity index (χ2n) is 6.58. The standard InChI is InChI=1S/C22H20BrFN4O2/c1-13-6-3-4-9-17(13)28-21-18(10-15(12-26-21)22(30)25-2)27-19(29)11-14-7-5-8-16(23)20(14)24/h3-10,12H,11H2,1-2H3,(H,25,30)(H,26,28)(H,27,29). The highest BCUT2D eigenvalue weighted by Crippen LogP contribution is 2.27. The van der Waals surface area contributed by atoms with E-state index < -0.39 is 11.7 Å². The van der Waals surface area contributed by atoms with Crippen LogP contribution in [-0.4, -0.2) is 23.8 Å². The van der Waals surface area contributed by atoms with Crippen molar-refractivity contribution in [3.63, 3.8) is 0 Å². The summed E-state index contributed by atoms with van der Waals surface area (Å²) in [4.78, 5) is 28.9. The zero-order chi connectivity index (χ0) is 21.7. The molecule has 0 aliphatic heterocycles. The van der Waals surface area contributed by atoms with Crippen molar-refractivity contribution < 1.29 is 14.0 Å². The van der Waals surface area contributed by atoms with E-state index in [4.69, 9.17) is 0 Å². The Morgan fingerprint density at radius 2 is 1.87 bits per heavy atom. The zero-order valence-electron chi connectivity index (χ0n) is 16.4. The van der Waals surface area contributed by atoms with E-state index in [9.17, 15) is 14.0 Å². The number of halogens is 2. The topological polar surface area (TPSA) is 83.1 Å². The molecular weight excluding hydrogens is 451 g/mol. The lowest BCUT2D eigenvalue weighted by Gasteiger charge is -2.15. The normalized spacial score (nSPS) is 10.4. The van der Waals surface area contributed by atoms with E-state index in [1.54, 1.807) is 18.2 Å². The highest BCUT2D eigenvalue weighted by molar-refractivity contribution is 9.10. The molecule has 3 rings (SSSR count). The van der Waals surface area contributed by atoms with E-state index in [0.717, 1.165) is 11.3 Å². The van der Waals surface area contributed by atoms with Gasteiger partial charge in [-0.05, 0) is 52.2 Å². The third-order valence-electron chi connectivity index (χ3n) is 4.43. The lowest BCUT2D eigenvalue weighted by atomic mass is 10.1. The second kappa shape index (κ2) is 9.49. The molecule has 30 heavy (non-hydrogen) atoms. The van der Waals surface area contributed by atoms with Crippen LogP contribution in [0.1, 0.15) is 21.5 Å². The lowest BCUT2D eigenvalue weighted by molar-refractivity contribution is -0.115. The van der Waals surface area contributed by atoms with Crippen LogP contribution in [0.3, 0.4) is 0 Å². The number of para-hydroxylation sites is 1. The predicted molar refractivity (Wildman–Crippen MR) is 119 cm³/mol. The maximum atomic E-state index is 14.2. The van der Waals surface area contributed by atoms with Crippen LogP contribution in [0.5, 0.6) is 0 Å². The van der Waals surface area contributed by atoms with Crippen LogP contribution in [0.15, 0.2) is 59.2 Å². The largest absolute Gasteiger partial charge is 0.355 e. The molecule has 0 radical (unpaired) electrons. The first-order valence-electron chi connectivity index (χ1n) is 9.16. The van der Waals surface area contributed by atoms with Crippen molar-refractivity contribution in [3.8, 4) is 0 Å². The summed E-state index contributed by atoms with van der Waals surface area (Å²) >= 11 is 3.12. The lowest BCUT2D eigenvalue weighted by Crippen LogP contribution is -2.20. The highest BCUT2D eigenvalue weighted by Gasteiger charge is 2.16. The van der Waals surface area contributed by atoms with Gasteiger partial charge in [0, 0.05) is 18.9 Å². The summed E-state index contributed by atoms with van der Waals surface area (Å²) in [5.74, 6) is -0.877. The monoisotopic (exact) mass is 470 g/mol. The number of benzene rings is 2. The zero-order valence-corrected chi connectivity index (χ0v) is 18.0. The molecule has 0 fully saturated rings. The molecule has 1 aromatic heterocycles. The molecule has 6 nitrogen and oxygen atoms in total. The van der Waals surface area contributed by atoms with Crippen molar-refractivity contribution in [1.29, 1.82) is 0 Å². The molecule has 0 atom stereocenters. The number of aryl methyl sites for hydroxylation is 1. The van der Waals surface area contributed by atoms with Crippen LogP contribution in [0.2, 0.25) is 0 Å². The Morgan fingerprint density at radius 3 is 2.60 bits per heavy atom. The van der Waals surface area contributed by atoms with E-state index in [2.05, 4.69) is 36.9 Å². The molecule has 8 heteroatoms. The van der Waals surface area contributed by atoms with Gasteiger partial charge in [-0.1, -0.05) is 30.3 Å². The van der Waals surface area contributed by atoms with E-state index in [1.807, 2.05) is 31.2 Å². The molecule has 2 aromatic carbocycles. The number of hydrogen-bond acceptors (Lipinski definition) is 4. The number of carbonyl (C=O) groups is 2. The van der Waals surface area contributed by atoms with Crippen molar-refractivity contribution in [2.45, 2.75) is 13.3 Å². The molecule has 3 aromatic rings. The summed E-state index contributed by atoms with van der Waals surface area (Å²) in [7, 11) is 1.51. The van der Waals surface area contributed by atoms with Gasteiger partial charge in [0.15, 0.2) is 5.82 Å². The third-order valence-corrected chi connectivity index (χ3v) is 5.04. The van der Waals surface area contributed by atoms with Crippen LogP contribution in [0, 0.1) is 12.7 Å². The first kappa shape index (κ1) is 21.4. The van der Waals surface area contributed by atoms with Crippen LogP contribution in [-0.2, 0) is 11.2 Å². The van der Waals surface area contributed by atoms with Gasteiger partial charge in [0.25, 0.3) is 5.91 Å². The van der Waals surface area contributed by atoms with Gasteiger partial charge in [-0.25, -0.2) is 9.37 Å². The van der Waals surface area contributed by atoms with Crippen LogP contribution in [0.25, 0.3) is 0 Å². The summed E-state index contributed by atoms with van der Waals surface area (Å²) in [6.07, 6.45) is 1.25. The minimum Gasteiger partial charge on any atom is -0.355 e. The molecule has 154 valence electrons. The molecule has 0 bridgehead atoms. The Labute approximate surface area is 182 Å². The Bertz CT molecular complexity index is 1100. The van der Waals surface area contributed by atoms with E-state index in [1.165, 1.54) is 19.3 Å². The number of amides is 2. The first-order valence-corrected chi connectivity index (χ1v) is 9.96. The average molecular weight is 471 g/mol. The molecular formula is C22H20BrFN4O2. The summed E-state index contributed by atoms with van der Waals surface area (Å²) in [5.41, 5.74) is 2.66. The van der Waals surface area contributed by atoms with E-state index in [-0.39, 0.29) is 27.9 Å². The summed E-state index contributed by atoms with van der Waals surface area (Å²) in [6, 6.07) is 13.9. The Balaban J connectivity index is 1.90. The number of aromatic nitrogens is 1. The van der Waals surface area contributed by atoms with Gasteiger partial charge in [0.05, 0.1) is 22.1 Å². The van der Waals surface area contributed by atoms with Crippen LogP contribution < -0.4 is 16.0 Å². The molecule has 0 spiro atoms. The van der Waals surface area contributed by atoms with Gasteiger partial charge in [-0.2, -0.15) is 0 Å². The molecule has 0 unspecified atom stereocenters. The maximum Gasteiger partial charge on any atom is 0.252 e. The molecule has 0 saturated heterocycles. The quantitative estimate of drug-likeness (QED) is 0.492. The SMILES string of the molecule is CNC(=O)c1cnc(Nc2ccccc2C)c(NC(=O)Cc2cccc(Br)c2F)c1. The van der Waals surface area contributed by atoms with Crippen LogP contribution in [0.4, 0.5) is 21.6 Å². The number of pyridine rings is 1. The Morgan fingerprint density at radius 1 is 1.10 bits per heavy atom. The van der Waals surface area contributed by atoms with Crippen molar-refractivity contribution in [3.05, 3.63) is 81.7 Å². The Kier molecular flexibility index (Phi) is 6.79. The molecule has 0 aliphatic rings. The average Bonchev–Trinajstić information content (AvgIpc) is 2.73. The van der Waals surface area contributed by atoms with Gasteiger partial charge in [-0.15, -0.1) is 0 Å². The maximum absolute atomic E-state index is 14.2. The fraction of sp³-hybridized carbons (Fsp3) is 0.136. The van der Waals surface area contributed by atoms with Gasteiger partial charge in [0.1, 0.15) is 5.82 Å². The highest BCUT2D eigenvalue weighted by atomic mass is 79.9. The number of nitrogens with zero attached hydrogens (tertiary/aromatic N) is 1. The molecule has 2 amide bonds. The number of anilines is 3. The van der Waals surface area contributed by atoms with Crippen molar-refractivity contribution in [2.24, 2.45) is 0 Å². The second-order valence-corrected chi connectivity index (χ2v) is 7.43. The minimum atomic E-state index is -0.483. The van der Waals surface area contributed by atoms with Crippen molar-refractivity contribution >= 4 is 44.9 Å². The molecule has 0 aliphatic carbocycles. The molecule has 0 saturated carbocycles. The van der Waals surface area contributed by atoms with Gasteiger partial charge in [0.2, 0.25) is 5.91 Å². The smallest absolute Gasteiger partial charge is 0.252 e. The third kappa shape index (κ3) is 5.01. The molecule has 3 N–H and O–H groups in total. The van der Waals surface area contributed by atoms with Crippen LogP contribution >= 0.6 is 15.9 Å². The fourth-order valence-electron chi connectivity index (χ4n) is 2.82. The Hall–Kier alpha value is -3.26. The number of nitrogens with one attached hydrogen (secondary N) is 3. The van der Waals surface area contributed by atoms with Gasteiger partial charge < -0.3 is 16.0 Å².